The van der Waals surface area contributed by atoms with Crippen molar-refractivity contribution in [1.82, 2.24) is 10.3 Å². The maximum atomic E-state index is 12.4. The molecule has 2 aromatic rings. The Labute approximate surface area is 163 Å². The predicted octanol–water partition coefficient (Wildman–Crippen LogP) is 3.25. The molecule has 142 valence electrons. The van der Waals surface area contributed by atoms with Gasteiger partial charge in [-0.2, -0.15) is 0 Å². The van der Waals surface area contributed by atoms with Crippen molar-refractivity contribution >= 4 is 34.8 Å². The van der Waals surface area contributed by atoms with Crippen LogP contribution in [0.5, 0.6) is 5.75 Å². The van der Waals surface area contributed by atoms with E-state index in [1.54, 1.807) is 0 Å². The standard InChI is InChI=1S/C18H23N3O3S.ClH/c1-4-23-14-7-5-13(6-8-14)16-12(3)25-18(20-16)21-17(22)15-11(2)24-10-9-19-15;/h5-8,11,15,19H,4,9-10H2,1-3H3,(H,20,21,22);1H/t11-,15+;/m1./s1. The Hall–Kier alpha value is -1.67. The number of benzene rings is 1. The molecule has 26 heavy (non-hydrogen) atoms. The highest BCUT2D eigenvalue weighted by atomic mass is 35.5. The normalized spacial score (nSPS) is 19.5. The van der Waals surface area contributed by atoms with Gasteiger partial charge in [0.15, 0.2) is 5.13 Å². The minimum atomic E-state index is -0.355. The molecule has 1 saturated heterocycles. The average molecular weight is 398 g/mol. The summed E-state index contributed by atoms with van der Waals surface area (Å²) in [6, 6.07) is 7.47. The first kappa shape index (κ1) is 20.6. The number of halogens is 1. The second kappa shape index (κ2) is 9.32. The number of nitrogens with one attached hydrogen (secondary N) is 2. The van der Waals surface area contributed by atoms with Crippen LogP contribution in [0, 0.1) is 6.92 Å². The molecule has 2 N–H and O–H groups in total. The number of aryl methyl sites for hydroxylation is 1. The number of thiazole rings is 1. The lowest BCUT2D eigenvalue weighted by molar-refractivity contribution is -0.123. The third-order valence-electron chi connectivity index (χ3n) is 4.06. The summed E-state index contributed by atoms with van der Waals surface area (Å²) in [4.78, 5) is 18.1. The van der Waals surface area contributed by atoms with Crippen molar-refractivity contribution in [3.8, 4) is 17.0 Å². The third-order valence-corrected chi connectivity index (χ3v) is 4.95. The number of carbonyl (C=O) groups excluding carboxylic acids is 1. The maximum Gasteiger partial charge on any atom is 0.245 e. The fourth-order valence-electron chi connectivity index (χ4n) is 2.80. The lowest BCUT2D eigenvalue weighted by Crippen LogP contribution is -2.53. The number of morpholine rings is 1. The Balaban J connectivity index is 0.00000243. The van der Waals surface area contributed by atoms with Gasteiger partial charge in [-0.1, -0.05) is 0 Å². The molecule has 0 aliphatic carbocycles. The molecule has 8 heteroatoms. The molecule has 1 amide bonds. The number of amides is 1. The van der Waals surface area contributed by atoms with Crippen LogP contribution in [0.4, 0.5) is 5.13 Å². The second-order valence-electron chi connectivity index (χ2n) is 5.88. The van der Waals surface area contributed by atoms with E-state index in [0.29, 0.717) is 24.9 Å². The average Bonchev–Trinajstić information content (AvgIpc) is 2.96. The van der Waals surface area contributed by atoms with Gasteiger partial charge in [0.2, 0.25) is 5.91 Å². The minimum Gasteiger partial charge on any atom is -0.494 e. The summed E-state index contributed by atoms with van der Waals surface area (Å²) in [5.41, 5.74) is 1.88. The Kier molecular flexibility index (Phi) is 7.40. The van der Waals surface area contributed by atoms with Crippen molar-refractivity contribution in [2.45, 2.75) is 32.9 Å². The molecule has 1 aliphatic rings. The highest BCUT2D eigenvalue weighted by molar-refractivity contribution is 7.16. The van der Waals surface area contributed by atoms with Gasteiger partial charge < -0.3 is 20.1 Å². The summed E-state index contributed by atoms with van der Waals surface area (Å²) in [5.74, 6) is 0.726. The first-order chi connectivity index (χ1) is 12.1. The second-order valence-corrected chi connectivity index (χ2v) is 7.08. The van der Waals surface area contributed by atoms with E-state index in [0.717, 1.165) is 21.9 Å². The molecular weight excluding hydrogens is 374 g/mol. The van der Waals surface area contributed by atoms with E-state index in [2.05, 4.69) is 15.6 Å². The molecule has 2 heterocycles. The SMILES string of the molecule is CCOc1ccc(-c2nc(NC(=O)[C@H]3NCCO[C@@H]3C)sc2C)cc1.Cl. The summed E-state index contributed by atoms with van der Waals surface area (Å²) in [5, 5.41) is 6.69. The molecule has 1 aromatic carbocycles. The summed E-state index contributed by atoms with van der Waals surface area (Å²) in [7, 11) is 0. The van der Waals surface area contributed by atoms with Crippen LogP contribution in [0.2, 0.25) is 0 Å². The van der Waals surface area contributed by atoms with Gasteiger partial charge in [0, 0.05) is 17.0 Å². The summed E-state index contributed by atoms with van der Waals surface area (Å²) < 4.78 is 11.0. The number of aromatic nitrogens is 1. The zero-order valence-electron chi connectivity index (χ0n) is 15.1. The number of ether oxygens (including phenoxy) is 2. The minimum absolute atomic E-state index is 0. The van der Waals surface area contributed by atoms with E-state index < -0.39 is 0 Å². The molecule has 3 rings (SSSR count). The number of carbonyl (C=O) groups is 1. The van der Waals surface area contributed by atoms with Crippen molar-refractivity contribution in [2.24, 2.45) is 0 Å². The van der Waals surface area contributed by atoms with Crippen molar-refractivity contribution < 1.29 is 14.3 Å². The number of hydrogen-bond donors (Lipinski definition) is 2. The van der Waals surface area contributed by atoms with E-state index in [-0.39, 0.29) is 30.5 Å². The third kappa shape index (κ3) is 4.73. The molecule has 0 spiro atoms. The highest BCUT2D eigenvalue weighted by Gasteiger charge is 2.29. The first-order valence-electron chi connectivity index (χ1n) is 8.45. The van der Waals surface area contributed by atoms with Gasteiger partial charge >= 0.3 is 0 Å². The number of nitrogens with zero attached hydrogens (tertiary/aromatic N) is 1. The zero-order valence-corrected chi connectivity index (χ0v) is 16.7. The first-order valence-corrected chi connectivity index (χ1v) is 9.26. The molecule has 2 atom stereocenters. The van der Waals surface area contributed by atoms with Gasteiger partial charge in [-0.25, -0.2) is 4.98 Å². The van der Waals surface area contributed by atoms with Gasteiger partial charge in [0.25, 0.3) is 0 Å². The molecule has 0 unspecified atom stereocenters. The summed E-state index contributed by atoms with van der Waals surface area (Å²) in [6.45, 7) is 7.81. The summed E-state index contributed by atoms with van der Waals surface area (Å²) in [6.07, 6.45) is -0.152. The fourth-order valence-corrected chi connectivity index (χ4v) is 3.64. The maximum absolute atomic E-state index is 12.4. The Bertz CT molecular complexity index is 736. The number of rotatable bonds is 5. The Morgan fingerprint density at radius 3 is 2.81 bits per heavy atom. The lowest BCUT2D eigenvalue weighted by atomic mass is 10.1. The molecule has 1 aromatic heterocycles. The number of anilines is 1. The molecule has 0 saturated carbocycles. The number of hydrogen-bond acceptors (Lipinski definition) is 6. The summed E-state index contributed by atoms with van der Waals surface area (Å²) >= 11 is 1.47. The Morgan fingerprint density at radius 2 is 2.15 bits per heavy atom. The van der Waals surface area contributed by atoms with E-state index >= 15 is 0 Å². The van der Waals surface area contributed by atoms with Crippen LogP contribution >= 0.6 is 23.7 Å². The molecule has 1 aliphatic heterocycles. The van der Waals surface area contributed by atoms with Crippen molar-refractivity contribution in [3.63, 3.8) is 0 Å². The molecule has 1 fully saturated rings. The zero-order chi connectivity index (χ0) is 17.8. The van der Waals surface area contributed by atoms with Crippen molar-refractivity contribution in [1.29, 1.82) is 0 Å². The van der Waals surface area contributed by atoms with Gasteiger partial charge in [-0.05, 0) is 45.0 Å². The smallest absolute Gasteiger partial charge is 0.245 e. The highest BCUT2D eigenvalue weighted by Crippen LogP contribution is 2.31. The monoisotopic (exact) mass is 397 g/mol. The van der Waals surface area contributed by atoms with Crippen LogP contribution in [-0.4, -0.2) is 42.8 Å². The largest absolute Gasteiger partial charge is 0.494 e. The van der Waals surface area contributed by atoms with Crippen LogP contribution in [0.25, 0.3) is 11.3 Å². The van der Waals surface area contributed by atoms with Crippen molar-refractivity contribution in [3.05, 3.63) is 29.1 Å². The van der Waals surface area contributed by atoms with Crippen LogP contribution in [0.3, 0.4) is 0 Å². The van der Waals surface area contributed by atoms with Gasteiger partial charge in [-0.3, -0.25) is 4.79 Å². The molecule has 6 nitrogen and oxygen atoms in total. The van der Waals surface area contributed by atoms with Gasteiger partial charge in [0.05, 0.1) is 25.0 Å². The molecule has 0 bridgehead atoms. The van der Waals surface area contributed by atoms with Crippen molar-refractivity contribution in [2.75, 3.05) is 25.1 Å². The van der Waals surface area contributed by atoms with Crippen LogP contribution < -0.4 is 15.4 Å². The van der Waals surface area contributed by atoms with Crippen LogP contribution in [-0.2, 0) is 9.53 Å². The van der Waals surface area contributed by atoms with Gasteiger partial charge in [0.1, 0.15) is 11.8 Å². The van der Waals surface area contributed by atoms with Crippen LogP contribution in [0.15, 0.2) is 24.3 Å². The van der Waals surface area contributed by atoms with E-state index in [4.69, 9.17) is 9.47 Å². The quantitative estimate of drug-likeness (QED) is 0.810. The van der Waals surface area contributed by atoms with E-state index in [1.807, 2.05) is 45.0 Å². The van der Waals surface area contributed by atoms with Gasteiger partial charge in [-0.15, -0.1) is 23.7 Å². The molecule has 0 radical (unpaired) electrons. The van der Waals surface area contributed by atoms with E-state index in [9.17, 15) is 4.79 Å². The predicted molar refractivity (Wildman–Crippen MR) is 107 cm³/mol. The molecular formula is C18H24ClN3O3S. The lowest BCUT2D eigenvalue weighted by Gasteiger charge is -2.28. The Morgan fingerprint density at radius 1 is 1.42 bits per heavy atom. The van der Waals surface area contributed by atoms with E-state index in [1.165, 1.54) is 11.3 Å². The fraction of sp³-hybridized carbons (Fsp3) is 0.444. The van der Waals surface area contributed by atoms with Crippen LogP contribution in [0.1, 0.15) is 18.7 Å². The topological polar surface area (TPSA) is 72.5 Å².